The summed E-state index contributed by atoms with van der Waals surface area (Å²) < 4.78 is 45.7. The Balaban J connectivity index is 1.64. The van der Waals surface area contributed by atoms with Crippen molar-refractivity contribution < 1.29 is 17.6 Å². The van der Waals surface area contributed by atoms with Gasteiger partial charge in [0.2, 0.25) is 0 Å². The van der Waals surface area contributed by atoms with Crippen LogP contribution < -0.4 is 0 Å². The van der Waals surface area contributed by atoms with Crippen molar-refractivity contribution in [3.8, 4) is 22.7 Å². The van der Waals surface area contributed by atoms with E-state index in [9.17, 15) is 13.2 Å². The molecule has 2 aromatic heterocycles. The second kappa shape index (κ2) is 7.42. The Labute approximate surface area is 192 Å². The molecule has 0 amide bonds. The average molecular weight is 454 g/mol. The van der Waals surface area contributed by atoms with E-state index in [1.165, 1.54) is 6.07 Å². The van der Waals surface area contributed by atoms with Crippen molar-refractivity contribution in [2.45, 2.75) is 13.1 Å². The lowest BCUT2D eigenvalue weighted by molar-refractivity contribution is -0.137. The lowest BCUT2D eigenvalue weighted by atomic mass is 9.95. The summed E-state index contributed by atoms with van der Waals surface area (Å²) in [7, 11) is 0. The van der Waals surface area contributed by atoms with Gasteiger partial charge >= 0.3 is 6.18 Å². The van der Waals surface area contributed by atoms with E-state index < -0.39 is 11.7 Å². The Morgan fingerprint density at radius 2 is 1.29 bits per heavy atom. The smallest absolute Gasteiger partial charge is 0.416 e. The van der Waals surface area contributed by atoms with Crippen molar-refractivity contribution in [1.82, 2.24) is 10.2 Å². The number of fused-ring (bicyclic) bond motifs is 3. The molecule has 166 valence electrons. The van der Waals surface area contributed by atoms with Gasteiger partial charge in [-0.25, -0.2) is 0 Å². The standard InChI is InChI=1S/C28H17F3N2O/c1-16-12-20(28(29,30)31)10-11-21(16)26-22-13-17-6-2-3-7-18(17)14-23(22)27(33-32-26)25-15-19-8-4-5-9-24(19)34-25/h2-15H,1H3. The van der Waals surface area contributed by atoms with Crippen LogP contribution in [0.2, 0.25) is 0 Å². The number of para-hydroxylation sites is 1. The minimum absolute atomic E-state index is 0.482. The third-order valence-corrected chi connectivity index (χ3v) is 6.11. The van der Waals surface area contributed by atoms with Crippen LogP contribution in [0.25, 0.3) is 55.2 Å². The van der Waals surface area contributed by atoms with Crippen LogP contribution in [0, 0.1) is 6.92 Å². The lowest BCUT2D eigenvalue weighted by Crippen LogP contribution is -2.05. The molecule has 0 aliphatic heterocycles. The zero-order valence-corrected chi connectivity index (χ0v) is 18.0. The van der Waals surface area contributed by atoms with Crippen LogP contribution in [0.3, 0.4) is 0 Å². The first-order valence-electron chi connectivity index (χ1n) is 10.7. The minimum atomic E-state index is -4.40. The zero-order chi connectivity index (χ0) is 23.4. The fraction of sp³-hybridized carbons (Fsp3) is 0.0714. The first-order valence-corrected chi connectivity index (χ1v) is 10.7. The van der Waals surface area contributed by atoms with Gasteiger partial charge in [0, 0.05) is 21.7 Å². The second-order valence-corrected chi connectivity index (χ2v) is 8.32. The number of aromatic nitrogens is 2. The predicted molar refractivity (Wildman–Crippen MR) is 127 cm³/mol. The summed E-state index contributed by atoms with van der Waals surface area (Å²) in [5.74, 6) is 0.588. The molecule has 0 spiro atoms. The van der Waals surface area contributed by atoms with Crippen molar-refractivity contribution in [3.63, 3.8) is 0 Å². The van der Waals surface area contributed by atoms with Gasteiger partial charge in [0.25, 0.3) is 0 Å². The minimum Gasteiger partial charge on any atom is -0.454 e. The van der Waals surface area contributed by atoms with E-state index in [2.05, 4.69) is 10.2 Å². The van der Waals surface area contributed by atoms with Crippen LogP contribution in [0.4, 0.5) is 13.2 Å². The van der Waals surface area contributed by atoms with Gasteiger partial charge < -0.3 is 4.42 Å². The molecule has 0 saturated carbocycles. The molecular formula is C28H17F3N2O. The molecule has 0 fully saturated rings. The van der Waals surface area contributed by atoms with Crippen LogP contribution in [-0.4, -0.2) is 10.2 Å². The highest BCUT2D eigenvalue weighted by molar-refractivity contribution is 6.08. The van der Waals surface area contributed by atoms with E-state index in [1.54, 1.807) is 6.92 Å². The topological polar surface area (TPSA) is 38.9 Å². The van der Waals surface area contributed by atoms with E-state index in [1.807, 2.05) is 66.7 Å². The molecule has 4 aromatic carbocycles. The summed E-state index contributed by atoms with van der Waals surface area (Å²) in [6.45, 7) is 1.66. The van der Waals surface area contributed by atoms with E-state index in [4.69, 9.17) is 4.42 Å². The third-order valence-electron chi connectivity index (χ3n) is 6.11. The van der Waals surface area contributed by atoms with Gasteiger partial charge in [-0.1, -0.05) is 48.5 Å². The van der Waals surface area contributed by atoms with E-state index in [-0.39, 0.29) is 0 Å². The van der Waals surface area contributed by atoms with Crippen LogP contribution in [0.1, 0.15) is 11.1 Å². The number of halogens is 3. The fourth-order valence-corrected chi connectivity index (χ4v) is 4.43. The fourth-order valence-electron chi connectivity index (χ4n) is 4.43. The molecular weight excluding hydrogens is 437 g/mol. The maximum atomic E-state index is 13.2. The molecule has 0 atom stereocenters. The summed E-state index contributed by atoms with van der Waals surface area (Å²) >= 11 is 0. The van der Waals surface area contributed by atoms with Gasteiger partial charge in [-0.3, -0.25) is 0 Å². The number of alkyl halides is 3. The monoisotopic (exact) mass is 454 g/mol. The highest BCUT2D eigenvalue weighted by atomic mass is 19.4. The Hall–Kier alpha value is -4.19. The number of hydrogen-bond acceptors (Lipinski definition) is 3. The number of aryl methyl sites for hydroxylation is 1. The van der Waals surface area contributed by atoms with Crippen LogP contribution in [0.5, 0.6) is 0 Å². The largest absolute Gasteiger partial charge is 0.454 e. The Bertz CT molecular complexity index is 1680. The van der Waals surface area contributed by atoms with E-state index in [0.717, 1.165) is 44.6 Å². The molecule has 3 nitrogen and oxygen atoms in total. The first-order chi connectivity index (χ1) is 16.4. The first kappa shape index (κ1) is 20.4. The van der Waals surface area contributed by atoms with Crippen molar-refractivity contribution in [2.75, 3.05) is 0 Å². The average Bonchev–Trinajstić information content (AvgIpc) is 3.26. The molecule has 0 N–H and O–H groups in total. The summed E-state index contributed by atoms with van der Waals surface area (Å²) in [6.07, 6.45) is -4.40. The van der Waals surface area contributed by atoms with Crippen molar-refractivity contribution in [2.24, 2.45) is 0 Å². The molecule has 6 rings (SSSR count). The van der Waals surface area contributed by atoms with Gasteiger partial charge in [-0.15, -0.1) is 10.2 Å². The van der Waals surface area contributed by atoms with Crippen molar-refractivity contribution >= 4 is 32.5 Å². The Morgan fingerprint density at radius 3 is 1.94 bits per heavy atom. The summed E-state index contributed by atoms with van der Waals surface area (Å²) in [5, 5.41) is 13.6. The molecule has 0 aliphatic carbocycles. The summed E-state index contributed by atoms with van der Waals surface area (Å²) in [6, 6.07) is 25.3. The second-order valence-electron chi connectivity index (χ2n) is 8.32. The maximum absolute atomic E-state index is 13.2. The van der Waals surface area contributed by atoms with Crippen LogP contribution in [-0.2, 0) is 6.18 Å². The molecule has 0 bridgehead atoms. The summed E-state index contributed by atoms with van der Waals surface area (Å²) in [5.41, 5.74) is 2.27. The number of nitrogens with zero attached hydrogens (tertiary/aromatic N) is 2. The number of rotatable bonds is 2. The quantitative estimate of drug-likeness (QED) is 0.248. The van der Waals surface area contributed by atoms with Crippen LogP contribution >= 0.6 is 0 Å². The molecule has 2 heterocycles. The Morgan fingerprint density at radius 1 is 0.676 bits per heavy atom. The van der Waals surface area contributed by atoms with Gasteiger partial charge in [-0.05, 0) is 59.7 Å². The summed E-state index contributed by atoms with van der Waals surface area (Å²) in [4.78, 5) is 0. The number of furan rings is 1. The predicted octanol–water partition coefficient (Wildman–Crippen LogP) is 8.19. The molecule has 0 saturated heterocycles. The third kappa shape index (κ3) is 3.30. The molecule has 34 heavy (non-hydrogen) atoms. The number of hydrogen-bond donors (Lipinski definition) is 0. The lowest BCUT2D eigenvalue weighted by Gasteiger charge is -2.14. The van der Waals surface area contributed by atoms with Crippen molar-refractivity contribution in [3.05, 3.63) is 96.1 Å². The van der Waals surface area contributed by atoms with Crippen LogP contribution in [0.15, 0.2) is 89.3 Å². The zero-order valence-electron chi connectivity index (χ0n) is 18.0. The molecule has 0 unspecified atom stereocenters. The Kier molecular flexibility index (Phi) is 4.45. The normalized spacial score (nSPS) is 12.1. The van der Waals surface area contributed by atoms with Gasteiger partial charge in [0.05, 0.1) is 5.56 Å². The maximum Gasteiger partial charge on any atom is 0.416 e. The van der Waals surface area contributed by atoms with E-state index >= 15 is 0 Å². The molecule has 0 aliphatic rings. The molecule has 6 heteroatoms. The van der Waals surface area contributed by atoms with Gasteiger partial charge in [0.15, 0.2) is 5.76 Å². The van der Waals surface area contributed by atoms with Crippen molar-refractivity contribution in [1.29, 1.82) is 0 Å². The SMILES string of the molecule is Cc1cc(C(F)(F)F)ccc1-c1nnc(-c2cc3ccccc3o2)c2cc3ccccc3cc12. The highest BCUT2D eigenvalue weighted by Gasteiger charge is 2.31. The van der Waals surface area contributed by atoms with Gasteiger partial charge in [0.1, 0.15) is 17.0 Å². The highest BCUT2D eigenvalue weighted by Crippen LogP contribution is 2.39. The van der Waals surface area contributed by atoms with Gasteiger partial charge in [-0.2, -0.15) is 13.2 Å². The molecule has 0 radical (unpaired) electrons. The molecule has 6 aromatic rings. The number of benzene rings is 4. The van der Waals surface area contributed by atoms with E-state index in [0.29, 0.717) is 28.3 Å².